The van der Waals surface area contributed by atoms with Gasteiger partial charge in [-0.25, -0.2) is 0 Å². The molecule has 0 bridgehead atoms. The van der Waals surface area contributed by atoms with E-state index in [-0.39, 0.29) is 11.9 Å². The molecule has 0 saturated carbocycles. The molecular weight excluding hydrogens is 320 g/mol. The maximum Gasteiger partial charge on any atom is 0.220 e. The normalized spacial score (nSPS) is 12.3. The highest BCUT2D eigenvalue weighted by Crippen LogP contribution is 2.24. The molecule has 3 rings (SSSR count). The zero-order chi connectivity index (χ0) is 18.5. The lowest BCUT2D eigenvalue weighted by Gasteiger charge is -2.10. The first-order valence-corrected chi connectivity index (χ1v) is 9.49. The molecule has 1 amide bonds. The van der Waals surface area contributed by atoms with Crippen molar-refractivity contribution in [1.29, 1.82) is 0 Å². The third-order valence-electron chi connectivity index (χ3n) is 5.11. The second-order valence-electron chi connectivity index (χ2n) is 7.10. The molecule has 1 atom stereocenters. The van der Waals surface area contributed by atoms with Crippen molar-refractivity contribution in [3.8, 4) is 0 Å². The number of carbonyl (C=O) groups excluding carboxylic acids is 1. The molecule has 3 heteroatoms. The maximum atomic E-state index is 12.1. The fraction of sp³-hybridized carbons (Fsp3) is 0.348. The highest BCUT2D eigenvalue weighted by atomic mass is 16.1. The predicted octanol–water partition coefficient (Wildman–Crippen LogP) is 4.85. The second kappa shape index (κ2) is 8.22. The van der Waals surface area contributed by atoms with E-state index < -0.39 is 0 Å². The number of nitrogens with zero attached hydrogens (tertiary/aromatic N) is 1. The van der Waals surface area contributed by atoms with E-state index in [0.29, 0.717) is 6.42 Å². The summed E-state index contributed by atoms with van der Waals surface area (Å²) in [5, 5.41) is 4.30. The van der Waals surface area contributed by atoms with E-state index in [1.165, 1.54) is 27.6 Å². The van der Waals surface area contributed by atoms with Gasteiger partial charge in [-0.1, -0.05) is 49.4 Å². The zero-order valence-electron chi connectivity index (χ0n) is 16.0. The van der Waals surface area contributed by atoms with Gasteiger partial charge in [-0.15, -0.1) is 0 Å². The molecule has 1 unspecified atom stereocenters. The van der Waals surface area contributed by atoms with Crippen molar-refractivity contribution in [3.63, 3.8) is 0 Å². The van der Waals surface area contributed by atoms with Gasteiger partial charge in [0.05, 0.1) is 0 Å². The highest BCUT2D eigenvalue weighted by molar-refractivity contribution is 5.85. The molecule has 1 heterocycles. The van der Waals surface area contributed by atoms with Crippen LogP contribution in [0.1, 0.15) is 43.4 Å². The summed E-state index contributed by atoms with van der Waals surface area (Å²) in [6.07, 6.45) is 4.47. The second-order valence-corrected chi connectivity index (χ2v) is 7.10. The fourth-order valence-corrected chi connectivity index (χ4v) is 3.32. The summed E-state index contributed by atoms with van der Waals surface area (Å²) in [5.41, 5.74) is 5.11. The van der Waals surface area contributed by atoms with E-state index in [1.54, 1.807) is 0 Å². The van der Waals surface area contributed by atoms with Crippen LogP contribution in [-0.4, -0.2) is 16.5 Å². The van der Waals surface area contributed by atoms with Crippen molar-refractivity contribution in [1.82, 2.24) is 9.88 Å². The largest absolute Gasteiger partial charge is 0.354 e. The number of nitrogens with one attached hydrogen (secondary N) is 1. The average molecular weight is 348 g/mol. The Kier molecular flexibility index (Phi) is 5.77. The highest BCUT2D eigenvalue weighted by Gasteiger charge is 2.12. The van der Waals surface area contributed by atoms with Gasteiger partial charge in [-0.2, -0.15) is 0 Å². The Bertz CT molecular complexity index is 894. The maximum absolute atomic E-state index is 12.1. The number of hydrogen-bond donors (Lipinski definition) is 1. The van der Waals surface area contributed by atoms with Crippen molar-refractivity contribution >= 4 is 16.8 Å². The molecule has 26 heavy (non-hydrogen) atoms. The van der Waals surface area contributed by atoms with Gasteiger partial charge in [0.25, 0.3) is 0 Å². The summed E-state index contributed by atoms with van der Waals surface area (Å²) in [6, 6.07) is 17.2. The van der Waals surface area contributed by atoms with Crippen molar-refractivity contribution in [3.05, 3.63) is 71.4 Å². The summed E-state index contributed by atoms with van der Waals surface area (Å²) in [6.45, 7) is 7.14. The summed E-state index contributed by atoms with van der Waals surface area (Å²) in [7, 11) is 0. The summed E-state index contributed by atoms with van der Waals surface area (Å²) < 4.78 is 2.31. The minimum absolute atomic E-state index is 0.134. The number of hydrogen-bond acceptors (Lipinski definition) is 1. The monoisotopic (exact) mass is 348 g/mol. The molecule has 3 nitrogen and oxygen atoms in total. The molecule has 0 aliphatic carbocycles. The molecule has 0 fully saturated rings. The Labute approximate surface area is 156 Å². The third-order valence-corrected chi connectivity index (χ3v) is 5.11. The van der Waals surface area contributed by atoms with E-state index in [1.807, 2.05) is 6.92 Å². The molecule has 2 aromatic carbocycles. The van der Waals surface area contributed by atoms with Crippen LogP contribution in [0.4, 0.5) is 0 Å². The predicted molar refractivity (Wildman–Crippen MR) is 108 cm³/mol. The lowest BCUT2D eigenvalue weighted by Crippen LogP contribution is -2.31. The van der Waals surface area contributed by atoms with E-state index >= 15 is 0 Å². The van der Waals surface area contributed by atoms with Gasteiger partial charge in [0.15, 0.2) is 0 Å². The van der Waals surface area contributed by atoms with Gasteiger partial charge in [0.1, 0.15) is 0 Å². The van der Waals surface area contributed by atoms with Crippen LogP contribution in [-0.2, 0) is 17.8 Å². The van der Waals surface area contributed by atoms with E-state index in [4.69, 9.17) is 0 Å². The molecule has 136 valence electrons. The first-order valence-electron chi connectivity index (χ1n) is 9.49. The molecule has 0 radical (unpaired) electrons. The van der Waals surface area contributed by atoms with Crippen LogP contribution in [0.3, 0.4) is 0 Å². The molecule has 0 spiro atoms. The van der Waals surface area contributed by atoms with Gasteiger partial charge in [0, 0.05) is 36.1 Å². The first kappa shape index (κ1) is 18.2. The molecule has 1 aromatic heterocycles. The van der Waals surface area contributed by atoms with Gasteiger partial charge in [-0.3, -0.25) is 4.79 Å². The molecule has 3 aromatic rings. The number of benzene rings is 2. The Morgan fingerprint density at radius 1 is 1.08 bits per heavy atom. The van der Waals surface area contributed by atoms with Gasteiger partial charge in [0.2, 0.25) is 5.91 Å². The molecule has 0 saturated heterocycles. The number of amides is 1. The first-order chi connectivity index (χ1) is 12.6. The van der Waals surface area contributed by atoms with Crippen molar-refractivity contribution in [2.24, 2.45) is 0 Å². The van der Waals surface area contributed by atoms with Crippen LogP contribution in [0.25, 0.3) is 10.9 Å². The summed E-state index contributed by atoms with van der Waals surface area (Å²) in [4.78, 5) is 12.1. The Balaban J connectivity index is 1.81. The van der Waals surface area contributed by atoms with E-state index in [0.717, 1.165) is 19.4 Å². The third kappa shape index (κ3) is 4.16. The van der Waals surface area contributed by atoms with Gasteiger partial charge < -0.3 is 9.88 Å². The van der Waals surface area contributed by atoms with Crippen molar-refractivity contribution in [2.45, 2.75) is 52.6 Å². The van der Waals surface area contributed by atoms with E-state index in [2.05, 4.69) is 78.5 Å². The minimum atomic E-state index is 0.134. The standard InChI is InChI=1S/C23H28N2O/c1-4-18(3)24-23(26)14-13-20-16-25(22-12-8-7-11-21(20)22)15-19-10-6-5-9-17(19)2/h5-12,16,18H,4,13-15H2,1-3H3,(H,24,26). The number of rotatable bonds is 7. The quantitative estimate of drug-likeness (QED) is 0.651. The van der Waals surface area contributed by atoms with Crippen LogP contribution in [0.2, 0.25) is 0 Å². The number of aryl methyl sites for hydroxylation is 2. The summed E-state index contributed by atoms with van der Waals surface area (Å²) >= 11 is 0. The Morgan fingerprint density at radius 3 is 2.58 bits per heavy atom. The fourth-order valence-electron chi connectivity index (χ4n) is 3.32. The van der Waals surface area contributed by atoms with Crippen molar-refractivity contribution < 1.29 is 4.79 Å². The number of para-hydroxylation sites is 1. The minimum Gasteiger partial charge on any atom is -0.354 e. The van der Waals surface area contributed by atoms with Crippen molar-refractivity contribution in [2.75, 3.05) is 0 Å². The van der Waals surface area contributed by atoms with Crippen LogP contribution in [0, 0.1) is 6.92 Å². The SMILES string of the molecule is CCC(C)NC(=O)CCc1cn(Cc2ccccc2C)c2ccccc12. The lowest BCUT2D eigenvalue weighted by molar-refractivity contribution is -0.121. The molecule has 0 aliphatic rings. The topological polar surface area (TPSA) is 34.0 Å². The summed E-state index contributed by atoms with van der Waals surface area (Å²) in [5.74, 6) is 0.134. The van der Waals surface area contributed by atoms with Crippen LogP contribution in [0.5, 0.6) is 0 Å². The van der Waals surface area contributed by atoms with Crippen LogP contribution < -0.4 is 5.32 Å². The van der Waals surface area contributed by atoms with Crippen LogP contribution in [0.15, 0.2) is 54.7 Å². The van der Waals surface area contributed by atoms with Gasteiger partial charge in [-0.05, 0) is 49.4 Å². The van der Waals surface area contributed by atoms with Gasteiger partial charge >= 0.3 is 0 Å². The molecular formula is C23H28N2O. The Hall–Kier alpha value is -2.55. The number of fused-ring (bicyclic) bond motifs is 1. The van der Waals surface area contributed by atoms with Crippen LogP contribution >= 0.6 is 0 Å². The number of aromatic nitrogens is 1. The average Bonchev–Trinajstić information content (AvgIpc) is 3.00. The lowest BCUT2D eigenvalue weighted by atomic mass is 10.1. The molecule has 0 aliphatic heterocycles. The molecule has 1 N–H and O–H groups in total. The Morgan fingerprint density at radius 2 is 1.81 bits per heavy atom. The number of carbonyl (C=O) groups is 1. The van der Waals surface area contributed by atoms with E-state index in [9.17, 15) is 4.79 Å². The smallest absolute Gasteiger partial charge is 0.220 e. The zero-order valence-corrected chi connectivity index (χ0v) is 16.0.